The predicted octanol–water partition coefficient (Wildman–Crippen LogP) is 5.87. The Balaban J connectivity index is 1.90. The van der Waals surface area contributed by atoms with E-state index in [2.05, 4.69) is 20.9 Å². The van der Waals surface area contributed by atoms with Crippen LogP contribution in [0.15, 0.2) is 60.7 Å². The summed E-state index contributed by atoms with van der Waals surface area (Å²) in [6.45, 7) is 7.16. The maximum Gasteiger partial charge on any atom is 0.412 e. The van der Waals surface area contributed by atoms with E-state index in [4.69, 9.17) is 4.74 Å². The lowest BCUT2D eigenvalue weighted by molar-refractivity contribution is 0.0635. The normalized spacial score (nSPS) is 10.9. The maximum atomic E-state index is 13.6. The second-order valence-electron chi connectivity index (χ2n) is 8.21. The van der Waals surface area contributed by atoms with Gasteiger partial charge >= 0.3 is 6.09 Å². The van der Waals surface area contributed by atoms with Crippen molar-refractivity contribution in [2.75, 3.05) is 16.0 Å². The standard InChI is InChI=1S/C24H25FN4O3/c1-15-7-5-9-17(11-15)27-22(30)20-13-19(28-23(31)32-24(2,3)4)14-21(29-20)26-18-10-6-8-16(25)12-18/h5-14H,1-4H3,(H,27,30)(H2,26,28,29,31). The average Bonchev–Trinajstić information content (AvgIpc) is 2.66. The first-order valence-corrected chi connectivity index (χ1v) is 10.0. The van der Waals surface area contributed by atoms with Gasteiger partial charge in [0.2, 0.25) is 0 Å². The molecule has 166 valence electrons. The molecular formula is C24H25FN4O3. The summed E-state index contributed by atoms with van der Waals surface area (Å²) in [4.78, 5) is 29.4. The molecular weight excluding hydrogens is 411 g/mol. The van der Waals surface area contributed by atoms with Gasteiger partial charge < -0.3 is 15.4 Å². The van der Waals surface area contributed by atoms with Crippen LogP contribution in [0, 0.1) is 12.7 Å². The van der Waals surface area contributed by atoms with Gasteiger partial charge in [0, 0.05) is 17.4 Å². The molecule has 0 unspecified atom stereocenters. The monoisotopic (exact) mass is 436 g/mol. The molecule has 2 amide bonds. The third-order valence-corrected chi connectivity index (χ3v) is 4.08. The largest absolute Gasteiger partial charge is 0.444 e. The van der Waals surface area contributed by atoms with E-state index in [1.54, 1.807) is 39.0 Å². The molecule has 0 spiro atoms. The van der Waals surface area contributed by atoms with Crippen molar-refractivity contribution < 1.29 is 18.7 Å². The topological polar surface area (TPSA) is 92.4 Å². The van der Waals surface area contributed by atoms with E-state index in [0.717, 1.165) is 5.56 Å². The van der Waals surface area contributed by atoms with E-state index in [0.29, 0.717) is 17.1 Å². The number of nitrogens with one attached hydrogen (secondary N) is 3. The van der Waals surface area contributed by atoms with Crippen LogP contribution in [0.25, 0.3) is 0 Å². The zero-order valence-electron chi connectivity index (χ0n) is 18.3. The second kappa shape index (κ2) is 9.47. The highest BCUT2D eigenvalue weighted by molar-refractivity contribution is 6.04. The number of aryl methyl sites for hydroxylation is 1. The van der Waals surface area contributed by atoms with Gasteiger partial charge in [-0.1, -0.05) is 18.2 Å². The minimum atomic E-state index is -0.689. The Morgan fingerprint density at radius 1 is 0.906 bits per heavy atom. The Morgan fingerprint density at radius 3 is 2.31 bits per heavy atom. The molecule has 7 nitrogen and oxygen atoms in total. The van der Waals surface area contributed by atoms with Gasteiger partial charge in [0.15, 0.2) is 0 Å². The average molecular weight is 436 g/mol. The Labute approximate surface area is 186 Å². The van der Waals surface area contributed by atoms with Crippen LogP contribution in [0.4, 0.5) is 32.1 Å². The number of anilines is 4. The van der Waals surface area contributed by atoms with E-state index in [9.17, 15) is 14.0 Å². The van der Waals surface area contributed by atoms with Crippen LogP contribution in [-0.2, 0) is 4.74 Å². The summed E-state index contributed by atoms with van der Waals surface area (Å²) < 4.78 is 18.8. The number of ether oxygens (including phenoxy) is 1. The third kappa shape index (κ3) is 6.80. The molecule has 1 heterocycles. The van der Waals surface area contributed by atoms with Crippen molar-refractivity contribution in [3.63, 3.8) is 0 Å². The zero-order chi connectivity index (χ0) is 23.3. The quantitative estimate of drug-likeness (QED) is 0.465. The number of halogens is 1. The molecule has 3 N–H and O–H groups in total. The number of hydrogen-bond acceptors (Lipinski definition) is 5. The summed E-state index contributed by atoms with van der Waals surface area (Å²) in [6, 6.07) is 16.1. The van der Waals surface area contributed by atoms with E-state index >= 15 is 0 Å². The number of benzene rings is 2. The summed E-state index contributed by atoms with van der Waals surface area (Å²) in [5.74, 6) is -0.639. The first kappa shape index (κ1) is 22.7. The van der Waals surface area contributed by atoms with Crippen LogP contribution in [-0.4, -0.2) is 22.6 Å². The molecule has 0 bridgehead atoms. The highest BCUT2D eigenvalue weighted by Gasteiger charge is 2.18. The van der Waals surface area contributed by atoms with Gasteiger partial charge in [0.25, 0.3) is 5.91 Å². The minimum absolute atomic E-state index is 0.0546. The number of carbonyl (C=O) groups excluding carboxylic acids is 2. The zero-order valence-corrected chi connectivity index (χ0v) is 18.3. The van der Waals surface area contributed by atoms with Gasteiger partial charge in [0.1, 0.15) is 22.9 Å². The first-order chi connectivity index (χ1) is 15.1. The molecule has 2 aromatic carbocycles. The number of rotatable bonds is 5. The van der Waals surface area contributed by atoms with E-state index in [1.807, 2.05) is 25.1 Å². The molecule has 3 aromatic rings. The number of aromatic nitrogens is 1. The van der Waals surface area contributed by atoms with Crippen molar-refractivity contribution in [2.45, 2.75) is 33.3 Å². The van der Waals surface area contributed by atoms with Crippen LogP contribution in [0.5, 0.6) is 0 Å². The van der Waals surface area contributed by atoms with Crippen molar-refractivity contribution in [3.05, 3.63) is 77.7 Å². The predicted molar refractivity (Wildman–Crippen MR) is 123 cm³/mol. The van der Waals surface area contributed by atoms with Crippen LogP contribution >= 0.6 is 0 Å². The molecule has 0 aliphatic carbocycles. The van der Waals surface area contributed by atoms with Gasteiger partial charge in [-0.05, 0) is 69.7 Å². The molecule has 0 aliphatic heterocycles. The van der Waals surface area contributed by atoms with Crippen LogP contribution in [0.2, 0.25) is 0 Å². The van der Waals surface area contributed by atoms with Crippen molar-refractivity contribution in [3.8, 4) is 0 Å². The first-order valence-electron chi connectivity index (χ1n) is 10.0. The fourth-order valence-electron chi connectivity index (χ4n) is 2.84. The maximum absolute atomic E-state index is 13.6. The molecule has 0 radical (unpaired) electrons. The van der Waals surface area contributed by atoms with E-state index < -0.39 is 23.4 Å². The second-order valence-corrected chi connectivity index (χ2v) is 8.21. The summed E-state index contributed by atoms with van der Waals surface area (Å²) in [6.07, 6.45) is -0.676. The molecule has 8 heteroatoms. The Bertz CT molecular complexity index is 1140. The minimum Gasteiger partial charge on any atom is -0.444 e. The van der Waals surface area contributed by atoms with Crippen LogP contribution in [0.3, 0.4) is 0 Å². The summed E-state index contributed by atoms with van der Waals surface area (Å²) >= 11 is 0. The number of carbonyl (C=O) groups is 2. The molecule has 0 aliphatic rings. The highest BCUT2D eigenvalue weighted by atomic mass is 19.1. The van der Waals surface area contributed by atoms with Gasteiger partial charge in [-0.2, -0.15) is 0 Å². The van der Waals surface area contributed by atoms with E-state index in [-0.39, 0.29) is 11.5 Å². The number of hydrogen-bond donors (Lipinski definition) is 3. The smallest absolute Gasteiger partial charge is 0.412 e. The SMILES string of the molecule is Cc1cccc(NC(=O)c2cc(NC(=O)OC(C)(C)C)cc(Nc3cccc(F)c3)n2)c1. The molecule has 0 saturated carbocycles. The van der Waals surface area contributed by atoms with Gasteiger partial charge in [-0.3, -0.25) is 10.1 Å². The molecule has 32 heavy (non-hydrogen) atoms. The Kier molecular flexibility index (Phi) is 6.73. The number of pyridine rings is 1. The molecule has 1 aromatic heterocycles. The van der Waals surface area contributed by atoms with Crippen molar-refractivity contribution in [1.29, 1.82) is 0 Å². The van der Waals surface area contributed by atoms with Gasteiger partial charge in [0.05, 0.1) is 5.69 Å². The fourth-order valence-corrected chi connectivity index (χ4v) is 2.84. The molecule has 0 fully saturated rings. The van der Waals surface area contributed by atoms with Gasteiger partial charge in [-0.25, -0.2) is 14.2 Å². The van der Waals surface area contributed by atoms with Crippen molar-refractivity contribution >= 4 is 34.9 Å². The van der Waals surface area contributed by atoms with Crippen LogP contribution in [0.1, 0.15) is 36.8 Å². The van der Waals surface area contributed by atoms with Crippen molar-refractivity contribution in [1.82, 2.24) is 4.98 Å². The summed E-state index contributed by atoms with van der Waals surface area (Å²) in [7, 11) is 0. The third-order valence-electron chi connectivity index (χ3n) is 4.08. The Morgan fingerprint density at radius 2 is 1.62 bits per heavy atom. The van der Waals surface area contributed by atoms with Crippen molar-refractivity contribution in [2.24, 2.45) is 0 Å². The fraction of sp³-hybridized carbons (Fsp3) is 0.208. The van der Waals surface area contributed by atoms with E-state index in [1.165, 1.54) is 24.3 Å². The van der Waals surface area contributed by atoms with Crippen LogP contribution < -0.4 is 16.0 Å². The number of amides is 2. The lowest BCUT2D eigenvalue weighted by Gasteiger charge is -2.20. The Hall–Kier alpha value is -3.94. The summed E-state index contributed by atoms with van der Waals surface area (Å²) in [5.41, 5.74) is 1.70. The number of nitrogens with zero attached hydrogens (tertiary/aromatic N) is 1. The summed E-state index contributed by atoms with van der Waals surface area (Å²) in [5, 5.41) is 8.35. The molecule has 3 rings (SSSR count). The molecule has 0 saturated heterocycles. The highest BCUT2D eigenvalue weighted by Crippen LogP contribution is 2.22. The lowest BCUT2D eigenvalue weighted by atomic mass is 10.2. The van der Waals surface area contributed by atoms with Gasteiger partial charge in [-0.15, -0.1) is 0 Å². The molecule has 0 atom stereocenters. The lowest BCUT2D eigenvalue weighted by Crippen LogP contribution is -2.27.